The first kappa shape index (κ1) is 22.3. The predicted molar refractivity (Wildman–Crippen MR) is 125 cm³/mol. The highest BCUT2D eigenvalue weighted by molar-refractivity contribution is 6.30. The van der Waals surface area contributed by atoms with Crippen molar-refractivity contribution in [3.8, 4) is 0 Å². The van der Waals surface area contributed by atoms with Crippen LogP contribution in [0.1, 0.15) is 30.0 Å². The van der Waals surface area contributed by atoms with Gasteiger partial charge in [0.05, 0.1) is 29.2 Å². The lowest BCUT2D eigenvalue weighted by Gasteiger charge is -2.28. The second-order valence-electron chi connectivity index (χ2n) is 9.12. The number of hydrogen-bond donors (Lipinski definition) is 1. The van der Waals surface area contributed by atoms with Crippen LogP contribution in [0.3, 0.4) is 0 Å². The zero-order valence-electron chi connectivity index (χ0n) is 18.3. The second-order valence-corrected chi connectivity index (χ2v) is 9.56. The van der Waals surface area contributed by atoms with E-state index in [0.29, 0.717) is 21.8 Å². The number of nitrogens with one attached hydrogen (secondary N) is 1. The number of nitrogens with zero attached hydrogens (tertiary/aromatic N) is 2. The molecule has 5 atom stereocenters. The highest BCUT2D eigenvalue weighted by Gasteiger charge is 2.60. The molecule has 0 radical (unpaired) electrons. The molecule has 2 fully saturated rings. The zero-order valence-corrected chi connectivity index (χ0v) is 19.1. The van der Waals surface area contributed by atoms with Crippen molar-refractivity contribution in [1.29, 1.82) is 0 Å². The molecule has 2 aromatic carbocycles. The van der Waals surface area contributed by atoms with Crippen molar-refractivity contribution >= 4 is 40.7 Å². The van der Waals surface area contributed by atoms with Crippen LogP contribution in [-0.2, 0) is 14.4 Å². The summed E-state index contributed by atoms with van der Waals surface area (Å²) in [5, 5.41) is 14.3. The number of benzene rings is 2. The van der Waals surface area contributed by atoms with E-state index in [0.717, 1.165) is 6.42 Å². The number of imide groups is 1. The number of aryl methyl sites for hydroxylation is 1. The van der Waals surface area contributed by atoms with E-state index < -0.39 is 16.9 Å². The maximum atomic E-state index is 13.4. The first-order valence-corrected chi connectivity index (χ1v) is 11.5. The second kappa shape index (κ2) is 8.36. The lowest BCUT2D eigenvalue weighted by molar-refractivity contribution is -0.384. The molecule has 1 N–H and O–H groups in total. The van der Waals surface area contributed by atoms with E-state index in [1.165, 1.54) is 23.1 Å². The van der Waals surface area contributed by atoms with E-state index in [4.69, 9.17) is 11.6 Å². The molecule has 1 heterocycles. The van der Waals surface area contributed by atoms with Crippen molar-refractivity contribution in [3.63, 3.8) is 0 Å². The molecule has 2 aromatic rings. The minimum atomic E-state index is -0.777. The van der Waals surface area contributed by atoms with Gasteiger partial charge in [0.25, 0.3) is 5.69 Å². The van der Waals surface area contributed by atoms with Crippen molar-refractivity contribution in [3.05, 3.63) is 80.9 Å². The van der Waals surface area contributed by atoms with E-state index in [1.54, 1.807) is 31.2 Å². The third-order valence-electron chi connectivity index (χ3n) is 7.14. The van der Waals surface area contributed by atoms with E-state index in [9.17, 15) is 24.5 Å². The minimum absolute atomic E-state index is 0.0684. The van der Waals surface area contributed by atoms with Crippen LogP contribution >= 0.6 is 11.6 Å². The molecular formula is C25H22ClN3O5. The molecule has 0 spiro atoms. The quantitative estimate of drug-likeness (QED) is 0.285. The first-order valence-electron chi connectivity index (χ1n) is 11.1. The lowest BCUT2D eigenvalue weighted by Crippen LogP contribution is -2.38. The van der Waals surface area contributed by atoms with Gasteiger partial charge in [-0.1, -0.05) is 35.9 Å². The Morgan fingerprint density at radius 1 is 1.12 bits per heavy atom. The monoisotopic (exact) mass is 479 g/mol. The Kier molecular flexibility index (Phi) is 5.48. The first-order chi connectivity index (χ1) is 16.2. The van der Waals surface area contributed by atoms with Crippen molar-refractivity contribution in [2.75, 3.05) is 5.32 Å². The fraction of sp³-hybridized carbons (Fsp3) is 0.320. The van der Waals surface area contributed by atoms with Gasteiger partial charge in [0.1, 0.15) is 0 Å². The van der Waals surface area contributed by atoms with Gasteiger partial charge in [0.2, 0.25) is 17.7 Å². The molecular weight excluding hydrogens is 458 g/mol. The Morgan fingerprint density at radius 2 is 1.74 bits per heavy atom. The van der Waals surface area contributed by atoms with Gasteiger partial charge < -0.3 is 5.32 Å². The van der Waals surface area contributed by atoms with E-state index in [2.05, 4.69) is 5.32 Å². The number of fused-ring (bicyclic) bond motifs is 5. The SMILES string of the molecule is Cc1cc([N+](=O)[O-])ccc1NC(=O)CC(c1ccc(Cl)cc1)N1C(=O)C2C3C=CC(C3)C2C1=O. The van der Waals surface area contributed by atoms with Gasteiger partial charge >= 0.3 is 0 Å². The summed E-state index contributed by atoms with van der Waals surface area (Å²) in [6.07, 6.45) is 4.74. The molecule has 2 bridgehead atoms. The van der Waals surface area contributed by atoms with Crippen LogP contribution in [0.5, 0.6) is 0 Å². The molecule has 5 unspecified atom stereocenters. The molecule has 3 aliphatic rings. The number of nitro benzene ring substituents is 1. The normalized spacial score (nSPS) is 25.5. The Hall–Kier alpha value is -3.52. The van der Waals surface area contributed by atoms with Crippen LogP contribution in [0.15, 0.2) is 54.6 Å². The number of amides is 3. The lowest BCUT2D eigenvalue weighted by atomic mass is 9.85. The number of rotatable bonds is 6. The summed E-state index contributed by atoms with van der Waals surface area (Å²) >= 11 is 6.04. The molecule has 174 valence electrons. The number of anilines is 1. The van der Waals surface area contributed by atoms with E-state index >= 15 is 0 Å². The van der Waals surface area contributed by atoms with Gasteiger partial charge in [-0.3, -0.25) is 29.4 Å². The van der Waals surface area contributed by atoms with Crippen LogP contribution in [0.4, 0.5) is 11.4 Å². The fourth-order valence-corrected chi connectivity index (χ4v) is 5.68. The zero-order chi connectivity index (χ0) is 24.1. The Bertz CT molecular complexity index is 1210. The maximum absolute atomic E-state index is 13.4. The molecule has 2 aliphatic carbocycles. The fourth-order valence-electron chi connectivity index (χ4n) is 5.55. The highest BCUT2D eigenvalue weighted by atomic mass is 35.5. The molecule has 1 aliphatic heterocycles. The van der Waals surface area contributed by atoms with Crippen LogP contribution in [-0.4, -0.2) is 27.5 Å². The van der Waals surface area contributed by atoms with Gasteiger partial charge in [0, 0.05) is 22.8 Å². The summed E-state index contributed by atoms with van der Waals surface area (Å²) in [7, 11) is 0. The van der Waals surface area contributed by atoms with Gasteiger partial charge in [-0.15, -0.1) is 0 Å². The molecule has 3 amide bonds. The summed E-state index contributed by atoms with van der Waals surface area (Å²) in [6.45, 7) is 1.66. The minimum Gasteiger partial charge on any atom is -0.326 e. The predicted octanol–water partition coefficient (Wildman–Crippen LogP) is 4.43. The van der Waals surface area contributed by atoms with Crippen molar-refractivity contribution in [2.24, 2.45) is 23.7 Å². The number of carbonyl (C=O) groups excluding carboxylic acids is 3. The Balaban J connectivity index is 1.42. The van der Waals surface area contributed by atoms with Gasteiger partial charge in [-0.05, 0) is 54.5 Å². The number of non-ortho nitro benzene ring substituents is 1. The summed E-state index contributed by atoms with van der Waals surface area (Å²) in [4.78, 5) is 51.6. The average Bonchev–Trinajstić information content (AvgIpc) is 3.48. The summed E-state index contributed by atoms with van der Waals surface area (Å²) in [5.41, 5.74) is 1.54. The summed E-state index contributed by atoms with van der Waals surface area (Å²) < 4.78 is 0. The summed E-state index contributed by atoms with van der Waals surface area (Å²) in [5.74, 6) is -1.46. The van der Waals surface area contributed by atoms with E-state index in [-0.39, 0.29) is 47.6 Å². The van der Waals surface area contributed by atoms with Crippen LogP contribution in [0, 0.1) is 40.7 Å². The Labute approximate surface area is 200 Å². The highest BCUT2D eigenvalue weighted by Crippen LogP contribution is 2.54. The van der Waals surface area contributed by atoms with E-state index in [1.807, 2.05) is 12.2 Å². The number of hydrogen-bond acceptors (Lipinski definition) is 5. The summed E-state index contributed by atoms with van der Waals surface area (Å²) in [6, 6.07) is 10.2. The molecule has 5 rings (SSSR count). The number of nitro groups is 1. The average molecular weight is 480 g/mol. The number of carbonyl (C=O) groups is 3. The Morgan fingerprint density at radius 3 is 2.29 bits per heavy atom. The van der Waals surface area contributed by atoms with Crippen LogP contribution in [0.25, 0.3) is 0 Å². The number of allylic oxidation sites excluding steroid dienone is 2. The molecule has 34 heavy (non-hydrogen) atoms. The topological polar surface area (TPSA) is 110 Å². The standard InChI is InChI=1S/C25H22ClN3O5/c1-13-10-18(29(33)34)8-9-19(13)27-21(30)12-20(14-4-6-17(26)7-5-14)28-24(31)22-15-2-3-16(11-15)23(22)25(28)32/h2-10,15-16,20,22-23H,11-12H2,1H3,(H,27,30). The maximum Gasteiger partial charge on any atom is 0.269 e. The molecule has 1 saturated carbocycles. The largest absolute Gasteiger partial charge is 0.326 e. The number of likely N-dealkylation sites (tertiary alicyclic amines) is 1. The van der Waals surface area contributed by atoms with Gasteiger partial charge in [0.15, 0.2) is 0 Å². The van der Waals surface area contributed by atoms with Crippen LogP contribution < -0.4 is 5.32 Å². The smallest absolute Gasteiger partial charge is 0.269 e. The van der Waals surface area contributed by atoms with Gasteiger partial charge in [-0.25, -0.2) is 0 Å². The van der Waals surface area contributed by atoms with Gasteiger partial charge in [-0.2, -0.15) is 0 Å². The van der Waals surface area contributed by atoms with Crippen molar-refractivity contribution < 1.29 is 19.3 Å². The third kappa shape index (κ3) is 3.68. The molecule has 1 saturated heterocycles. The van der Waals surface area contributed by atoms with Crippen molar-refractivity contribution in [1.82, 2.24) is 4.90 Å². The third-order valence-corrected chi connectivity index (χ3v) is 7.40. The molecule has 0 aromatic heterocycles. The molecule has 9 heteroatoms. The van der Waals surface area contributed by atoms with Crippen molar-refractivity contribution in [2.45, 2.75) is 25.8 Å². The number of halogens is 1. The molecule has 8 nitrogen and oxygen atoms in total. The van der Waals surface area contributed by atoms with Crippen LogP contribution in [0.2, 0.25) is 5.02 Å².